The molecular formula is C13H22F2N2O4. The molecule has 122 valence electrons. The number of carboxylic acid groups (broad SMARTS) is 1. The van der Waals surface area contributed by atoms with Crippen molar-refractivity contribution >= 4 is 12.0 Å². The van der Waals surface area contributed by atoms with Gasteiger partial charge in [-0.05, 0) is 19.3 Å². The number of amides is 2. The van der Waals surface area contributed by atoms with Crippen LogP contribution in [-0.2, 0) is 4.79 Å². The average molecular weight is 308 g/mol. The molecule has 0 aromatic carbocycles. The van der Waals surface area contributed by atoms with Gasteiger partial charge in [0.05, 0.1) is 18.6 Å². The van der Waals surface area contributed by atoms with Gasteiger partial charge in [-0.2, -0.15) is 0 Å². The molecule has 1 saturated heterocycles. The van der Waals surface area contributed by atoms with E-state index in [1.54, 1.807) is 6.92 Å². The number of carbonyl (C=O) groups is 2. The van der Waals surface area contributed by atoms with E-state index in [-0.39, 0.29) is 13.1 Å². The van der Waals surface area contributed by atoms with Crippen molar-refractivity contribution in [3.8, 4) is 0 Å². The zero-order valence-electron chi connectivity index (χ0n) is 12.1. The van der Waals surface area contributed by atoms with Crippen molar-refractivity contribution < 1.29 is 28.6 Å². The van der Waals surface area contributed by atoms with Crippen molar-refractivity contribution in [1.29, 1.82) is 0 Å². The molecular weight excluding hydrogens is 286 g/mol. The number of rotatable bonds is 6. The third-order valence-corrected chi connectivity index (χ3v) is 3.98. The predicted molar refractivity (Wildman–Crippen MR) is 71.2 cm³/mol. The van der Waals surface area contributed by atoms with Crippen molar-refractivity contribution in [2.24, 2.45) is 5.41 Å². The molecule has 21 heavy (non-hydrogen) atoms. The Balaban J connectivity index is 2.82. The molecule has 0 aromatic rings. The number of urea groups is 1. The van der Waals surface area contributed by atoms with E-state index in [0.29, 0.717) is 25.8 Å². The lowest BCUT2D eigenvalue weighted by molar-refractivity contribution is -0.152. The number of alkyl halides is 2. The van der Waals surface area contributed by atoms with Gasteiger partial charge >= 0.3 is 12.0 Å². The van der Waals surface area contributed by atoms with Crippen molar-refractivity contribution in [2.75, 3.05) is 32.8 Å². The van der Waals surface area contributed by atoms with E-state index >= 15 is 0 Å². The monoisotopic (exact) mass is 308 g/mol. The molecule has 0 spiro atoms. The van der Waals surface area contributed by atoms with Crippen molar-refractivity contribution in [3.05, 3.63) is 0 Å². The van der Waals surface area contributed by atoms with E-state index in [4.69, 9.17) is 5.11 Å². The van der Waals surface area contributed by atoms with Crippen LogP contribution >= 0.6 is 0 Å². The number of piperidine rings is 1. The van der Waals surface area contributed by atoms with E-state index in [1.165, 1.54) is 4.90 Å². The summed E-state index contributed by atoms with van der Waals surface area (Å²) in [5, 5.41) is 18.2. The summed E-state index contributed by atoms with van der Waals surface area (Å²) in [4.78, 5) is 25.9. The molecule has 1 heterocycles. The first-order valence-corrected chi connectivity index (χ1v) is 7.02. The Morgan fingerprint density at radius 1 is 1.43 bits per heavy atom. The normalized spacial score (nSPS) is 22.4. The fourth-order valence-electron chi connectivity index (χ4n) is 2.66. The number of likely N-dealkylation sites (tertiary alicyclic amines) is 1. The number of hydrogen-bond donors (Lipinski definition) is 2. The molecule has 1 fully saturated rings. The zero-order chi connectivity index (χ0) is 16.0. The highest BCUT2D eigenvalue weighted by molar-refractivity contribution is 5.79. The van der Waals surface area contributed by atoms with Gasteiger partial charge in [0.25, 0.3) is 6.43 Å². The highest BCUT2D eigenvalue weighted by Crippen LogP contribution is 2.34. The Morgan fingerprint density at radius 2 is 2.10 bits per heavy atom. The van der Waals surface area contributed by atoms with Crippen LogP contribution in [0.3, 0.4) is 0 Å². The van der Waals surface area contributed by atoms with Crippen molar-refractivity contribution in [2.45, 2.75) is 32.6 Å². The van der Waals surface area contributed by atoms with Crippen molar-refractivity contribution in [1.82, 2.24) is 9.80 Å². The van der Waals surface area contributed by atoms with E-state index in [2.05, 4.69) is 0 Å². The lowest BCUT2D eigenvalue weighted by Crippen LogP contribution is -2.54. The third-order valence-electron chi connectivity index (χ3n) is 3.98. The van der Waals surface area contributed by atoms with Gasteiger partial charge in [0.15, 0.2) is 0 Å². The first-order chi connectivity index (χ1) is 9.86. The topological polar surface area (TPSA) is 81.1 Å². The minimum atomic E-state index is -2.69. The number of carboxylic acids is 1. The first kappa shape index (κ1) is 17.6. The zero-order valence-corrected chi connectivity index (χ0v) is 12.1. The fraction of sp³-hybridized carbons (Fsp3) is 0.846. The van der Waals surface area contributed by atoms with Crippen LogP contribution in [-0.4, -0.2) is 71.2 Å². The van der Waals surface area contributed by atoms with Crippen LogP contribution in [0.1, 0.15) is 26.2 Å². The molecule has 0 bridgehead atoms. The summed E-state index contributed by atoms with van der Waals surface area (Å²) < 4.78 is 25.0. The molecule has 1 rings (SSSR count). The number of nitrogens with zero attached hydrogens (tertiary/aromatic N) is 2. The van der Waals surface area contributed by atoms with Crippen LogP contribution in [0.25, 0.3) is 0 Å². The van der Waals surface area contributed by atoms with Gasteiger partial charge in [-0.1, -0.05) is 6.92 Å². The van der Waals surface area contributed by atoms with E-state index < -0.39 is 37.0 Å². The summed E-state index contributed by atoms with van der Waals surface area (Å²) in [5.74, 6) is -0.968. The number of hydrogen-bond acceptors (Lipinski definition) is 3. The molecule has 0 saturated carbocycles. The van der Waals surface area contributed by atoms with Gasteiger partial charge in [0.2, 0.25) is 0 Å². The van der Waals surface area contributed by atoms with Crippen LogP contribution in [0.15, 0.2) is 0 Å². The molecule has 1 aliphatic heterocycles. The predicted octanol–water partition coefficient (Wildman–Crippen LogP) is 1.24. The second-order valence-electron chi connectivity index (χ2n) is 5.31. The van der Waals surface area contributed by atoms with Gasteiger partial charge in [0, 0.05) is 19.6 Å². The molecule has 8 heteroatoms. The highest BCUT2D eigenvalue weighted by Gasteiger charge is 2.42. The molecule has 1 aliphatic rings. The van der Waals surface area contributed by atoms with E-state index in [1.807, 2.05) is 0 Å². The van der Waals surface area contributed by atoms with E-state index in [0.717, 1.165) is 4.90 Å². The lowest BCUT2D eigenvalue weighted by atomic mass is 9.78. The molecule has 0 radical (unpaired) electrons. The molecule has 6 nitrogen and oxygen atoms in total. The third kappa shape index (κ3) is 4.26. The van der Waals surface area contributed by atoms with Gasteiger partial charge in [-0.15, -0.1) is 0 Å². The van der Waals surface area contributed by atoms with Gasteiger partial charge in [-0.3, -0.25) is 4.79 Å². The quantitative estimate of drug-likeness (QED) is 0.773. The second-order valence-corrected chi connectivity index (χ2v) is 5.31. The Labute approximate surface area is 122 Å². The maximum Gasteiger partial charge on any atom is 0.320 e. The number of carbonyl (C=O) groups excluding carboxylic acids is 1. The Morgan fingerprint density at radius 3 is 2.57 bits per heavy atom. The summed E-state index contributed by atoms with van der Waals surface area (Å²) in [6.07, 6.45) is -1.33. The smallest absolute Gasteiger partial charge is 0.320 e. The largest absolute Gasteiger partial charge is 0.481 e. The van der Waals surface area contributed by atoms with Gasteiger partial charge < -0.3 is 20.0 Å². The summed E-state index contributed by atoms with van der Waals surface area (Å²) in [6, 6.07) is -0.636. The van der Waals surface area contributed by atoms with Gasteiger partial charge in [0.1, 0.15) is 0 Å². The molecule has 0 aromatic heterocycles. The summed E-state index contributed by atoms with van der Waals surface area (Å²) in [7, 11) is 0. The highest BCUT2D eigenvalue weighted by atomic mass is 19.3. The Hall–Kier alpha value is -1.44. The van der Waals surface area contributed by atoms with Crippen molar-refractivity contribution in [3.63, 3.8) is 0 Å². The number of aliphatic hydroxyl groups is 1. The van der Waals surface area contributed by atoms with Crippen LogP contribution in [0.2, 0.25) is 0 Å². The fourth-order valence-corrected chi connectivity index (χ4v) is 2.66. The minimum absolute atomic E-state index is 0.0167. The number of halogens is 2. The Kier molecular flexibility index (Phi) is 6.32. The molecule has 0 aliphatic carbocycles. The van der Waals surface area contributed by atoms with E-state index in [9.17, 15) is 23.5 Å². The first-order valence-electron chi connectivity index (χ1n) is 7.02. The van der Waals surface area contributed by atoms with Crippen LogP contribution < -0.4 is 0 Å². The van der Waals surface area contributed by atoms with Crippen LogP contribution in [0, 0.1) is 5.41 Å². The average Bonchev–Trinajstić information content (AvgIpc) is 2.45. The molecule has 1 unspecified atom stereocenters. The molecule has 2 N–H and O–H groups in total. The standard InChI is InChI=1S/C13H22F2N2O4/c1-2-13(11(19)20)4-3-5-17(9-13)12(21)16(6-7-18)8-10(14)15/h10,18H,2-9H2,1H3,(H,19,20). The summed E-state index contributed by atoms with van der Waals surface area (Å²) in [5.41, 5.74) is -1.01. The Bertz CT molecular complexity index is 381. The SMILES string of the molecule is CCC1(C(=O)O)CCCN(C(=O)N(CCO)CC(F)F)C1. The van der Waals surface area contributed by atoms with Gasteiger partial charge in [-0.25, -0.2) is 13.6 Å². The van der Waals surface area contributed by atoms with Crippen LogP contribution in [0.4, 0.5) is 13.6 Å². The number of aliphatic hydroxyl groups excluding tert-OH is 1. The lowest BCUT2D eigenvalue weighted by Gasteiger charge is -2.41. The maximum atomic E-state index is 12.5. The number of aliphatic carboxylic acids is 1. The minimum Gasteiger partial charge on any atom is -0.481 e. The summed E-state index contributed by atoms with van der Waals surface area (Å²) >= 11 is 0. The second kappa shape index (κ2) is 7.53. The molecule has 1 atom stereocenters. The molecule has 2 amide bonds. The summed E-state index contributed by atoms with van der Waals surface area (Å²) in [6.45, 7) is 0.743. The van der Waals surface area contributed by atoms with Crippen LogP contribution in [0.5, 0.6) is 0 Å². The maximum absolute atomic E-state index is 12.5.